The number of halogens is 1. The zero-order valence-electron chi connectivity index (χ0n) is 15.6. The lowest BCUT2D eigenvalue weighted by Crippen LogP contribution is -2.10. The Morgan fingerprint density at radius 1 is 0.821 bits per heavy atom. The fourth-order valence-corrected chi connectivity index (χ4v) is 3.37. The third kappa shape index (κ3) is 4.94. The van der Waals surface area contributed by atoms with Gasteiger partial charge in [0.2, 0.25) is 0 Å². The van der Waals surface area contributed by atoms with E-state index in [1.54, 1.807) is 12.1 Å². The van der Waals surface area contributed by atoms with Gasteiger partial charge in [0.1, 0.15) is 18.1 Å². The van der Waals surface area contributed by atoms with Crippen molar-refractivity contribution >= 4 is 22.7 Å². The zero-order valence-corrected chi connectivity index (χ0v) is 16.4. The molecule has 3 rings (SSSR count). The van der Waals surface area contributed by atoms with Crippen molar-refractivity contribution < 1.29 is 9.84 Å². The zero-order chi connectivity index (χ0) is 19.8. The number of nitrogens with two attached hydrogens (primary N) is 1. The molecule has 0 atom stereocenters. The third-order valence-corrected chi connectivity index (χ3v) is 4.64. The molecule has 0 aliphatic carbocycles. The number of ether oxygens (including phenoxy) is 1. The summed E-state index contributed by atoms with van der Waals surface area (Å²) in [5.41, 5.74) is 11.0. The Morgan fingerprint density at radius 2 is 1.43 bits per heavy atom. The maximum atomic E-state index is 9.72. The molecule has 0 saturated carbocycles. The van der Waals surface area contributed by atoms with Crippen LogP contribution in [0.3, 0.4) is 0 Å². The maximum Gasteiger partial charge on any atom is 0.119 e. The van der Waals surface area contributed by atoms with Gasteiger partial charge in [-0.25, -0.2) is 0 Å². The molecule has 0 spiro atoms. The van der Waals surface area contributed by atoms with Crippen molar-refractivity contribution in [1.29, 1.82) is 0 Å². The first-order valence-electron chi connectivity index (χ1n) is 9.30. The predicted octanol–water partition coefficient (Wildman–Crippen LogP) is 5.32. The summed E-state index contributed by atoms with van der Waals surface area (Å²) in [7, 11) is 0. The van der Waals surface area contributed by atoms with E-state index in [1.807, 2.05) is 54.6 Å². The van der Waals surface area contributed by atoms with Crippen LogP contribution in [0.4, 0.5) is 0 Å². The Hall–Kier alpha value is -2.75. The van der Waals surface area contributed by atoms with E-state index in [1.165, 1.54) is 0 Å². The van der Waals surface area contributed by atoms with Crippen LogP contribution >= 0.6 is 11.6 Å². The summed E-state index contributed by atoms with van der Waals surface area (Å²) in [6.07, 6.45) is 0.729. The molecule has 3 aromatic rings. The van der Waals surface area contributed by atoms with Gasteiger partial charge in [-0.2, -0.15) is 0 Å². The van der Waals surface area contributed by atoms with Gasteiger partial charge in [-0.3, -0.25) is 0 Å². The molecule has 0 aromatic heterocycles. The Labute approximate surface area is 171 Å². The van der Waals surface area contributed by atoms with Crippen LogP contribution in [0, 0.1) is 0 Å². The third-order valence-electron chi connectivity index (χ3n) is 4.45. The topological polar surface area (TPSA) is 55.5 Å². The average molecular weight is 394 g/mol. The number of phenols is 1. The van der Waals surface area contributed by atoms with E-state index in [0.29, 0.717) is 19.0 Å². The van der Waals surface area contributed by atoms with Crippen LogP contribution in [0.5, 0.6) is 11.5 Å². The number of allylic oxidation sites excluding steroid dienone is 1. The minimum atomic E-state index is 0.243. The summed E-state index contributed by atoms with van der Waals surface area (Å²) < 4.78 is 5.61. The number of hydrogen-bond donors (Lipinski definition) is 2. The van der Waals surface area contributed by atoms with Crippen molar-refractivity contribution in [2.45, 2.75) is 6.42 Å². The van der Waals surface area contributed by atoms with Gasteiger partial charge < -0.3 is 15.6 Å². The molecule has 0 unspecified atom stereocenters. The number of hydrogen-bond acceptors (Lipinski definition) is 3. The number of aromatic hydroxyl groups is 1. The molecule has 0 amide bonds. The fraction of sp³-hybridized carbons (Fsp3) is 0.167. The van der Waals surface area contributed by atoms with Crippen LogP contribution < -0.4 is 10.5 Å². The first-order valence-corrected chi connectivity index (χ1v) is 9.83. The monoisotopic (exact) mass is 393 g/mol. The second-order valence-corrected chi connectivity index (χ2v) is 6.74. The van der Waals surface area contributed by atoms with E-state index in [0.717, 1.165) is 40.0 Å². The van der Waals surface area contributed by atoms with Crippen LogP contribution in [0.15, 0.2) is 78.9 Å². The van der Waals surface area contributed by atoms with Gasteiger partial charge in [0.05, 0.1) is 0 Å². The van der Waals surface area contributed by atoms with Crippen LogP contribution in [0.2, 0.25) is 0 Å². The van der Waals surface area contributed by atoms with E-state index >= 15 is 0 Å². The van der Waals surface area contributed by atoms with Crippen molar-refractivity contribution in [3.05, 3.63) is 95.6 Å². The first-order chi connectivity index (χ1) is 13.7. The molecule has 0 aliphatic rings. The van der Waals surface area contributed by atoms with Gasteiger partial charge in [-0.1, -0.05) is 54.6 Å². The Balaban J connectivity index is 2.15. The van der Waals surface area contributed by atoms with Crippen molar-refractivity contribution in [2.75, 3.05) is 19.0 Å². The van der Waals surface area contributed by atoms with E-state index < -0.39 is 0 Å². The lowest BCUT2D eigenvalue weighted by Gasteiger charge is -2.17. The summed E-state index contributed by atoms with van der Waals surface area (Å²) in [4.78, 5) is 0. The van der Waals surface area contributed by atoms with Gasteiger partial charge in [-0.05, 0) is 58.5 Å². The molecular weight excluding hydrogens is 370 g/mol. The highest BCUT2D eigenvalue weighted by atomic mass is 35.5. The average Bonchev–Trinajstić information content (AvgIpc) is 2.74. The molecular formula is C24H24ClNO2. The van der Waals surface area contributed by atoms with Crippen molar-refractivity contribution in [3.63, 3.8) is 0 Å². The van der Waals surface area contributed by atoms with E-state index in [4.69, 9.17) is 22.1 Å². The summed E-state index contributed by atoms with van der Waals surface area (Å²) in [5.74, 6) is 1.55. The largest absolute Gasteiger partial charge is 0.508 e. The number of benzene rings is 3. The molecule has 3 aromatic carbocycles. The highest BCUT2D eigenvalue weighted by Crippen LogP contribution is 2.35. The van der Waals surface area contributed by atoms with Gasteiger partial charge >= 0.3 is 0 Å². The van der Waals surface area contributed by atoms with Gasteiger partial charge in [0.15, 0.2) is 0 Å². The molecule has 4 heteroatoms. The van der Waals surface area contributed by atoms with Crippen molar-refractivity contribution in [3.8, 4) is 11.5 Å². The number of phenolic OH excluding ortho intramolecular Hbond substituents is 1. The van der Waals surface area contributed by atoms with E-state index in [2.05, 4.69) is 12.1 Å². The lowest BCUT2D eigenvalue weighted by molar-refractivity contribution is 0.328. The lowest BCUT2D eigenvalue weighted by atomic mass is 9.88. The molecule has 3 nitrogen and oxygen atoms in total. The summed E-state index contributed by atoms with van der Waals surface area (Å²) in [6, 6.07) is 25.5. The molecule has 0 fully saturated rings. The van der Waals surface area contributed by atoms with Gasteiger partial charge in [0.25, 0.3) is 0 Å². The van der Waals surface area contributed by atoms with Crippen molar-refractivity contribution in [2.24, 2.45) is 5.73 Å². The smallest absolute Gasteiger partial charge is 0.119 e. The highest BCUT2D eigenvalue weighted by Gasteiger charge is 2.14. The first kappa shape index (κ1) is 20.0. The van der Waals surface area contributed by atoms with E-state index in [-0.39, 0.29) is 5.75 Å². The van der Waals surface area contributed by atoms with E-state index in [9.17, 15) is 5.11 Å². The minimum absolute atomic E-state index is 0.243. The maximum absolute atomic E-state index is 9.72. The summed E-state index contributed by atoms with van der Waals surface area (Å²) in [5, 5.41) is 9.72. The Morgan fingerprint density at radius 3 is 2.00 bits per heavy atom. The second kappa shape index (κ2) is 9.98. The second-order valence-electron chi connectivity index (χ2n) is 6.37. The highest BCUT2D eigenvalue weighted by molar-refractivity contribution is 6.18. The normalized spacial score (nSPS) is 11.8. The summed E-state index contributed by atoms with van der Waals surface area (Å²) >= 11 is 6.17. The molecule has 0 aliphatic heterocycles. The molecule has 144 valence electrons. The van der Waals surface area contributed by atoms with Crippen LogP contribution in [0.1, 0.15) is 23.1 Å². The number of alkyl halides is 1. The fourth-order valence-electron chi connectivity index (χ4n) is 3.19. The summed E-state index contributed by atoms with van der Waals surface area (Å²) in [6.45, 7) is 0.968. The standard InChI is InChI=1S/C24H24ClNO2/c25-15-14-23(18-4-2-1-3-5-18)24(19-6-10-21(27)11-7-19)20-8-12-22(13-9-20)28-17-16-26/h1-13,27H,14-17,26H2/b24-23+. The van der Waals surface area contributed by atoms with Crippen LogP contribution in [-0.4, -0.2) is 24.1 Å². The molecule has 3 N–H and O–H groups in total. The molecule has 0 bridgehead atoms. The Kier molecular flexibility index (Phi) is 7.12. The molecule has 0 radical (unpaired) electrons. The van der Waals surface area contributed by atoms with Crippen LogP contribution in [-0.2, 0) is 0 Å². The molecule has 0 saturated heterocycles. The quantitative estimate of drug-likeness (QED) is 0.402. The molecule has 0 heterocycles. The number of rotatable bonds is 8. The van der Waals surface area contributed by atoms with Crippen LogP contribution in [0.25, 0.3) is 11.1 Å². The SMILES string of the molecule is NCCOc1ccc(/C(=C(\CCCl)c2ccccc2)c2ccc(O)cc2)cc1. The minimum Gasteiger partial charge on any atom is -0.508 e. The van der Waals surface area contributed by atoms with Gasteiger partial charge in [-0.15, -0.1) is 11.6 Å². The van der Waals surface area contributed by atoms with Gasteiger partial charge in [0, 0.05) is 12.4 Å². The predicted molar refractivity (Wildman–Crippen MR) is 117 cm³/mol. The van der Waals surface area contributed by atoms with Crippen molar-refractivity contribution in [1.82, 2.24) is 0 Å². The molecule has 28 heavy (non-hydrogen) atoms. The Bertz CT molecular complexity index is 904.